The number of hydrogen-bond donors (Lipinski definition) is 2. The van der Waals surface area contributed by atoms with Gasteiger partial charge in [0.25, 0.3) is 5.69 Å². The number of aliphatic hydroxyl groups excluding tert-OH is 1. The Morgan fingerprint density at radius 2 is 1.81 bits per heavy atom. The smallest absolute Gasteiger partial charge is 0.296 e. The molecule has 0 atom stereocenters. The van der Waals surface area contributed by atoms with Gasteiger partial charge in [-0.15, -0.1) is 10.2 Å². The third-order valence-electron chi connectivity index (χ3n) is 3.82. The van der Waals surface area contributed by atoms with Gasteiger partial charge in [0, 0.05) is 17.7 Å². The molecule has 0 aliphatic heterocycles. The number of aromatic hydroxyl groups is 1. The molecule has 0 aliphatic rings. The molecule has 0 heterocycles. The van der Waals surface area contributed by atoms with Crippen molar-refractivity contribution >= 4 is 17.1 Å². The molecule has 0 unspecified atom stereocenters. The van der Waals surface area contributed by atoms with E-state index in [1.165, 1.54) is 18.2 Å². The monoisotopic (exact) mass is 373 g/mol. The zero-order valence-electron chi connectivity index (χ0n) is 15.8. The lowest BCUT2D eigenvalue weighted by Gasteiger charge is -2.22. The molecule has 0 aliphatic carbocycles. The average Bonchev–Trinajstić information content (AvgIpc) is 2.59. The topological polar surface area (TPSA) is 118 Å². The third kappa shape index (κ3) is 5.01. The molecule has 27 heavy (non-hydrogen) atoms. The predicted octanol–water partition coefficient (Wildman–Crippen LogP) is 4.69. The van der Waals surface area contributed by atoms with Crippen LogP contribution in [0.1, 0.15) is 31.9 Å². The molecule has 0 fully saturated rings. The van der Waals surface area contributed by atoms with Crippen molar-refractivity contribution in [2.45, 2.75) is 33.1 Å². The summed E-state index contributed by atoms with van der Waals surface area (Å²) in [6, 6.07) is 7.77. The van der Waals surface area contributed by atoms with Crippen LogP contribution in [0.15, 0.2) is 40.6 Å². The van der Waals surface area contributed by atoms with Gasteiger partial charge in [-0.1, -0.05) is 26.8 Å². The maximum atomic E-state index is 11.2. The van der Waals surface area contributed by atoms with E-state index in [1.807, 2.05) is 20.8 Å². The summed E-state index contributed by atoms with van der Waals surface area (Å²) in [6.07, 6.45) is 0. The standard InChI is InChI=1S/C19H23N3O5/c1-12-5-6-15(17(9-12)22(25)26)20-21-16-11-13(27-8-7-23)10-14(18(16)24)19(2,3)4/h5-6,9-11,23-24H,7-8H2,1-4H3. The third-order valence-corrected chi connectivity index (χ3v) is 3.82. The summed E-state index contributed by atoms with van der Waals surface area (Å²) in [5, 5.41) is 38.7. The maximum absolute atomic E-state index is 11.2. The van der Waals surface area contributed by atoms with Crippen molar-refractivity contribution in [3.63, 3.8) is 0 Å². The van der Waals surface area contributed by atoms with Crippen LogP contribution in [0.2, 0.25) is 0 Å². The molecule has 2 N–H and O–H groups in total. The Hall–Kier alpha value is -3.00. The van der Waals surface area contributed by atoms with Gasteiger partial charge in [-0.3, -0.25) is 10.1 Å². The van der Waals surface area contributed by atoms with Gasteiger partial charge < -0.3 is 14.9 Å². The summed E-state index contributed by atoms with van der Waals surface area (Å²) < 4.78 is 5.45. The Bertz CT molecular complexity index is 872. The molecule has 8 nitrogen and oxygen atoms in total. The number of phenolic OH excluding ortho intramolecular Hbond substituents is 1. The summed E-state index contributed by atoms with van der Waals surface area (Å²) in [5.41, 5.74) is 0.974. The molecular formula is C19H23N3O5. The lowest BCUT2D eigenvalue weighted by Crippen LogP contribution is -2.12. The average molecular weight is 373 g/mol. The van der Waals surface area contributed by atoms with E-state index in [4.69, 9.17) is 9.84 Å². The Kier molecular flexibility index (Phi) is 6.12. The number of azo groups is 1. The number of aliphatic hydroxyl groups is 1. The second kappa shape index (κ2) is 8.13. The molecule has 8 heteroatoms. The number of nitrogens with zero attached hydrogens (tertiary/aromatic N) is 3. The Morgan fingerprint density at radius 1 is 1.15 bits per heavy atom. The quantitative estimate of drug-likeness (QED) is 0.432. The van der Waals surface area contributed by atoms with Crippen molar-refractivity contribution in [2.24, 2.45) is 10.2 Å². The lowest BCUT2D eigenvalue weighted by atomic mass is 9.86. The lowest BCUT2D eigenvalue weighted by molar-refractivity contribution is -0.384. The van der Waals surface area contributed by atoms with Crippen LogP contribution in [0.5, 0.6) is 11.5 Å². The molecule has 2 rings (SSSR count). The van der Waals surface area contributed by atoms with Crippen molar-refractivity contribution in [3.8, 4) is 11.5 Å². The first-order chi connectivity index (χ1) is 12.6. The number of benzene rings is 2. The van der Waals surface area contributed by atoms with E-state index in [1.54, 1.807) is 19.1 Å². The molecule has 2 aromatic rings. The highest BCUT2D eigenvalue weighted by Crippen LogP contribution is 2.42. The van der Waals surface area contributed by atoms with E-state index in [-0.39, 0.29) is 36.0 Å². The van der Waals surface area contributed by atoms with E-state index in [2.05, 4.69) is 10.2 Å². The highest BCUT2D eigenvalue weighted by Gasteiger charge is 2.22. The van der Waals surface area contributed by atoms with Crippen molar-refractivity contribution in [3.05, 3.63) is 51.6 Å². The number of nitro benzene ring substituents is 1. The van der Waals surface area contributed by atoms with Gasteiger partial charge in [0.1, 0.15) is 23.8 Å². The number of ether oxygens (including phenoxy) is 1. The fraction of sp³-hybridized carbons (Fsp3) is 0.368. The van der Waals surface area contributed by atoms with Crippen LogP contribution in [0, 0.1) is 17.0 Å². The van der Waals surface area contributed by atoms with E-state index in [0.717, 1.165) is 5.56 Å². The SMILES string of the molecule is Cc1ccc(N=Nc2cc(OCCO)cc(C(C)(C)C)c2O)c([N+](=O)[O-])c1. The van der Waals surface area contributed by atoms with E-state index in [0.29, 0.717) is 11.3 Å². The molecule has 2 aromatic carbocycles. The Balaban J connectivity index is 2.52. The molecule has 0 bridgehead atoms. The number of hydrogen-bond acceptors (Lipinski definition) is 7. The van der Waals surface area contributed by atoms with E-state index < -0.39 is 10.3 Å². The number of rotatable bonds is 6. The number of aryl methyl sites for hydroxylation is 1. The predicted molar refractivity (Wildman–Crippen MR) is 101 cm³/mol. The first-order valence-corrected chi connectivity index (χ1v) is 8.41. The van der Waals surface area contributed by atoms with Crippen molar-refractivity contribution in [1.82, 2.24) is 0 Å². The second-order valence-electron chi connectivity index (χ2n) is 7.11. The van der Waals surface area contributed by atoms with Crippen LogP contribution in [-0.4, -0.2) is 28.4 Å². The highest BCUT2D eigenvalue weighted by molar-refractivity contribution is 5.62. The molecular weight excluding hydrogens is 350 g/mol. The first-order valence-electron chi connectivity index (χ1n) is 8.41. The second-order valence-corrected chi connectivity index (χ2v) is 7.11. The molecule has 0 saturated carbocycles. The van der Waals surface area contributed by atoms with Gasteiger partial charge >= 0.3 is 0 Å². The maximum Gasteiger partial charge on any atom is 0.296 e. The van der Waals surface area contributed by atoms with Crippen LogP contribution >= 0.6 is 0 Å². The molecule has 0 amide bonds. The number of phenols is 1. The zero-order chi connectivity index (χ0) is 20.2. The van der Waals surface area contributed by atoms with Crippen LogP contribution < -0.4 is 4.74 Å². The van der Waals surface area contributed by atoms with E-state index >= 15 is 0 Å². The fourth-order valence-electron chi connectivity index (χ4n) is 2.46. The first kappa shape index (κ1) is 20.3. The highest BCUT2D eigenvalue weighted by atomic mass is 16.6. The molecule has 0 aromatic heterocycles. The van der Waals surface area contributed by atoms with Crippen molar-refractivity contribution < 1.29 is 19.9 Å². The zero-order valence-corrected chi connectivity index (χ0v) is 15.8. The minimum atomic E-state index is -0.525. The van der Waals surface area contributed by atoms with Crippen LogP contribution in [0.25, 0.3) is 0 Å². The van der Waals surface area contributed by atoms with Gasteiger partial charge in [0.05, 0.1) is 11.5 Å². The van der Waals surface area contributed by atoms with Crippen LogP contribution in [0.3, 0.4) is 0 Å². The summed E-state index contributed by atoms with van der Waals surface area (Å²) >= 11 is 0. The van der Waals surface area contributed by atoms with Crippen molar-refractivity contribution in [1.29, 1.82) is 0 Å². The molecule has 144 valence electrons. The Morgan fingerprint density at radius 3 is 2.41 bits per heavy atom. The van der Waals surface area contributed by atoms with Gasteiger partial charge in [-0.2, -0.15) is 0 Å². The minimum Gasteiger partial charge on any atom is -0.505 e. The normalized spacial score (nSPS) is 11.7. The van der Waals surface area contributed by atoms with Crippen molar-refractivity contribution in [2.75, 3.05) is 13.2 Å². The van der Waals surface area contributed by atoms with Gasteiger partial charge in [-0.05, 0) is 30.0 Å². The summed E-state index contributed by atoms with van der Waals surface area (Å²) in [6.45, 7) is 7.45. The summed E-state index contributed by atoms with van der Waals surface area (Å²) in [5.74, 6) is 0.344. The van der Waals surface area contributed by atoms with Gasteiger partial charge in [-0.25, -0.2) is 0 Å². The van der Waals surface area contributed by atoms with Gasteiger partial charge in [0.15, 0.2) is 5.69 Å². The largest absolute Gasteiger partial charge is 0.505 e. The minimum absolute atomic E-state index is 0.0719. The molecule has 0 radical (unpaired) electrons. The fourth-order valence-corrected chi connectivity index (χ4v) is 2.46. The van der Waals surface area contributed by atoms with Crippen LogP contribution in [0.4, 0.5) is 17.1 Å². The van der Waals surface area contributed by atoms with Gasteiger partial charge in [0.2, 0.25) is 0 Å². The molecule has 0 spiro atoms. The molecule has 0 saturated heterocycles. The Labute approximate surface area is 157 Å². The number of nitro groups is 1. The summed E-state index contributed by atoms with van der Waals surface area (Å²) in [7, 11) is 0. The van der Waals surface area contributed by atoms with Crippen LogP contribution in [-0.2, 0) is 5.41 Å². The summed E-state index contributed by atoms with van der Waals surface area (Å²) in [4.78, 5) is 10.7. The van der Waals surface area contributed by atoms with E-state index in [9.17, 15) is 15.2 Å².